The van der Waals surface area contributed by atoms with Crippen molar-refractivity contribution in [3.8, 4) is 0 Å². The van der Waals surface area contributed by atoms with Gasteiger partial charge in [-0.3, -0.25) is 4.31 Å². The lowest BCUT2D eigenvalue weighted by Crippen LogP contribution is -2.27. The minimum atomic E-state index is -3.68. The first-order valence-electron chi connectivity index (χ1n) is 6.35. The summed E-state index contributed by atoms with van der Waals surface area (Å²) in [4.78, 5) is 0.132. The summed E-state index contributed by atoms with van der Waals surface area (Å²) in [6, 6.07) is 10.2. The topological polar surface area (TPSA) is 63.4 Å². The Labute approximate surface area is 130 Å². The van der Waals surface area contributed by atoms with Crippen LogP contribution < -0.4 is 10.0 Å². The lowest BCUT2D eigenvalue weighted by molar-refractivity contribution is 0.594. The molecule has 0 aliphatic rings. The van der Waals surface area contributed by atoms with Crippen LogP contribution in [0.2, 0.25) is 5.02 Å². The van der Waals surface area contributed by atoms with Crippen LogP contribution in [0.15, 0.2) is 41.3 Å². The van der Waals surface area contributed by atoms with Gasteiger partial charge in [0, 0.05) is 7.05 Å². The van der Waals surface area contributed by atoms with Crippen molar-refractivity contribution in [2.24, 2.45) is 0 Å². The van der Waals surface area contributed by atoms with Gasteiger partial charge in [-0.05, 0) is 43.2 Å². The molecular weight excluding hydrogens is 308 g/mol. The van der Waals surface area contributed by atoms with Gasteiger partial charge in [-0.25, -0.2) is 8.42 Å². The molecule has 2 aromatic rings. The molecule has 2 N–H and O–H groups in total. The Balaban J connectivity index is 2.55. The van der Waals surface area contributed by atoms with E-state index in [1.165, 1.54) is 23.5 Å². The number of anilines is 2. The second kappa shape index (κ2) is 5.58. The first-order chi connectivity index (χ1) is 9.75. The van der Waals surface area contributed by atoms with Crippen molar-refractivity contribution in [2.75, 3.05) is 17.1 Å². The molecule has 0 fully saturated rings. The summed E-state index contributed by atoms with van der Waals surface area (Å²) in [5, 5.41) is 0.382. The van der Waals surface area contributed by atoms with E-state index < -0.39 is 10.0 Å². The number of halogens is 1. The molecule has 0 heterocycles. The monoisotopic (exact) mass is 324 g/mol. The van der Waals surface area contributed by atoms with Gasteiger partial charge < -0.3 is 5.73 Å². The first-order valence-corrected chi connectivity index (χ1v) is 8.17. The number of nitrogen functional groups attached to an aromatic ring is 1. The molecule has 0 saturated heterocycles. The highest BCUT2D eigenvalue weighted by molar-refractivity contribution is 7.92. The van der Waals surface area contributed by atoms with Gasteiger partial charge in [-0.2, -0.15) is 0 Å². The normalized spacial score (nSPS) is 11.4. The molecule has 0 unspecified atom stereocenters. The summed E-state index contributed by atoms with van der Waals surface area (Å²) < 4.78 is 26.7. The Morgan fingerprint density at radius 2 is 1.71 bits per heavy atom. The third-order valence-electron chi connectivity index (χ3n) is 3.37. The number of nitrogens with two attached hydrogens (primary N) is 1. The molecular formula is C15H17ClN2O2S. The van der Waals surface area contributed by atoms with Gasteiger partial charge in [0.15, 0.2) is 0 Å². The molecule has 0 radical (unpaired) electrons. The van der Waals surface area contributed by atoms with E-state index in [0.29, 0.717) is 16.3 Å². The van der Waals surface area contributed by atoms with Crippen LogP contribution in [0.3, 0.4) is 0 Å². The summed E-state index contributed by atoms with van der Waals surface area (Å²) in [5.74, 6) is 0. The maximum Gasteiger partial charge on any atom is 0.264 e. The molecule has 0 atom stereocenters. The quantitative estimate of drug-likeness (QED) is 0.880. The van der Waals surface area contributed by atoms with Crippen LogP contribution in [0.1, 0.15) is 11.1 Å². The highest BCUT2D eigenvalue weighted by Gasteiger charge is 2.23. The number of benzene rings is 2. The molecule has 2 aromatic carbocycles. The molecule has 0 aromatic heterocycles. The average molecular weight is 325 g/mol. The molecule has 0 aliphatic heterocycles. The van der Waals surface area contributed by atoms with Crippen molar-refractivity contribution in [3.63, 3.8) is 0 Å². The highest BCUT2D eigenvalue weighted by atomic mass is 35.5. The van der Waals surface area contributed by atoms with Crippen molar-refractivity contribution in [3.05, 3.63) is 52.5 Å². The zero-order valence-corrected chi connectivity index (χ0v) is 13.7. The predicted octanol–water partition coefficient (Wildman–Crippen LogP) is 3.36. The van der Waals surface area contributed by atoms with Crippen LogP contribution in [0.5, 0.6) is 0 Å². The van der Waals surface area contributed by atoms with Gasteiger partial charge in [0.2, 0.25) is 0 Å². The molecule has 6 heteroatoms. The number of aryl methyl sites for hydroxylation is 2. The number of para-hydroxylation sites is 1. The third-order valence-corrected chi connectivity index (χ3v) is 5.63. The van der Waals surface area contributed by atoms with Crippen LogP contribution in [-0.2, 0) is 10.0 Å². The Morgan fingerprint density at radius 1 is 1.10 bits per heavy atom. The molecule has 0 amide bonds. The van der Waals surface area contributed by atoms with E-state index in [9.17, 15) is 8.42 Å². The predicted molar refractivity (Wildman–Crippen MR) is 87.4 cm³/mol. The summed E-state index contributed by atoms with van der Waals surface area (Å²) in [5.41, 5.74) is 8.17. The summed E-state index contributed by atoms with van der Waals surface area (Å²) in [6.45, 7) is 3.59. The van der Waals surface area contributed by atoms with E-state index in [1.54, 1.807) is 19.1 Å². The molecule has 112 valence electrons. The first kappa shape index (κ1) is 15.7. The van der Waals surface area contributed by atoms with E-state index in [0.717, 1.165) is 5.56 Å². The van der Waals surface area contributed by atoms with Gasteiger partial charge in [0.05, 0.1) is 21.3 Å². The molecule has 0 spiro atoms. The molecule has 0 aliphatic carbocycles. The van der Waals surface area contributed by atoms with Crippen LogP contribution in [0.25, 0.3) is 0 Å². The number of hydrogen-bond acceptors (Lipinski definition) is 3. The van der Waals surface area contributed by atoms with Gasteiger partial charge in [0.25, 0.3) is 10.0 Å². The Bertz CT molecular complexity index is 765. The van der Waals surface area contributed by atoms with Crippen LogP contribution in [0.4, 0.5) is 11.4 Å². The molecule has 0 bridgehead atoms. The Hall–Kier alpha value is -1.72. The van der Waals surface area contributed by atoms with E-state index in [-0.39, 0.29) is 10.6 Å². The lowest BCUT2D eigenvalue weighted by Gasteiger charge is -2.22. The van der Waals surface area contributed by atoms with Gasteiger partial charge in [-0.1, -0.05) is 29.8 Å². The maximum absolute atomic E-state index is 12.7. The van der Waals surface area contributed by atoms with E-state index >= 15 is 0 Å². The minimum Gasteiger partial charge on any atom is -0.397 e. The van der Waals surface area contributed by atoms with E-state index in [4.69, 9.17) is 17.3 Å². The van der Waals surface area contributed by atoms with Gasteiger partial charge in [-0.15, -0.1) is 0 Å². The SMILES string of the molecule is Cc1ccccc1N(C)S(=O)(=O)c1cc(C)c(Cl)c(N)c1. The van der Waals surface area contributed by atoms with Crippen molar-refractivity contribution in [1.82, 2.24) is 0 Å². The summed E-state index contributed by atoms with van der Waals surface area (Å²) >= 11 is 5.99. The van der Waals surface area contributed by atoms with Crippen molar-refractivity contribution in [2.45, 2.75) is 18.7 Å². The summed E-state index contributed by atoms with van der Waals surface area (Å²) in [7, 11) is -2.16. The zero-order chi connectivity index (χ0) is 15.8. The maximum atomic E-state index is 12.7. The molecule has 21 heavy (non-hydrogen) atoms. The lowest BCUT2D eigenvalue weighted by atomic mass is 10.2. The van der Waals surface area contributed by atoms with Crippen LogP contribution in [0, 0.1) is 13.8 Å². The fourth-order valence-corrected chi connectivity index (χ4v) is 3.61. The Morgan fingerprint density at radius 3 is 2.29 bits per heavy atom. The third kappa shape index (κ3) is 2.84. The average Bonchev–Trinajstić information content (AvgIpc) is 2.44. The van der Waals surface area contributed by atoms with Crippen molar-refractivity contribution < 1.29 is 8.42 Å². The van der Waals surface area contributed by atoms with Crippen molar-refractivity contribution >= 4 is 33.0 Å². The smallest absolute Gasteiger partial charge is 0.264 e. The van der Waals surface area contributed by atoms with E-state index in [1.807, 2.05) is 19.1 Å². The zero-order valence-electron chi connectivity index (χ0n) is 12.1. The summed E-state index contributed by atoms with van der Waals surface area (Å²) in [6.07, 6.45) is 0. The second-order valence-corrected chi connectivity index (χ2v) is 7.25. The van der Waals surface area contributed by atoms with Crippen LogP contribution >= 0.6 is 11.6 Å². The molecule has 0 saturated carbocycles. The number of sulfonamides is 1. The second-order valence-electron chi connectivity index (χ2n) is 4.90. The largest absolute Gasteiger partial charge is 0.397 e. The molecule has 4 nitrogen and oxygen atoms in total. The van der Waals surface area contributed by atoms with E-state index in [2.05, 4.69) is 0 Å². The minimum absolute atomic E-state index is 0.132. The number of rotatable bonds is 3. The van der Waals surface area contributed by atoms with Gasteiger partial charge >= 0.3 is 0 Å². The standard InChI is InChI=1S/C15H17ClN2O2S/c1-10-6-4-5-7-14(10)18(3)21(19,20)12-8-11(2)15(16)13(17)9-12/h4-9H,17H2,1-3H3. The Kier molecular flexibility index (Phi) is 4.16. The van der Waals surface area contributed by atoms with Crippen LogP contribution in [-0.4, -0.2) is 15.5 Å². The molecule has 2 rings (SSSR count). The highest BCUT2D eigenvalue weighted by Crippen LogP contribution is 2.30. The van der Waals surface area contributed by atoms with Gasteiger partial charge in [0.1, 0.15) is 0 Å². The fraction of sp³-hybridized carbons (Fsp3) is 0.200. The van der Waals surface area contributed by atoms with Crippen molar-refractivity contribution in [1.29, 1.82) is 0 Å². The number of hydrogen-bond donors (Lipinski definition) is 1. The fourth-order valence-electron chi connectivity index (χ4n) is 2.12. The number of nitrogens with zero attached hydrogens (tertiary/aromatic N) is 1.